The van der Waals surface area contributed by atoms with Crippen LogP contribution < -0.4 is 4.72 Å². The maximum atomic E-state index is 11.2. The number of rotatable bonds is 3. The Morgan fingerprint density at radius 1 is 1.56 bits per heavy atom. The van der Waals surface area contributed by atoms with Crippen LogP contribution in [0.5, 0.6) is 0 Å². The summed E-state index contributed by atoms with van der Waals surface area (Å²) < 4.78 is 26.8. The monoisotopic (exact) mass is 244 g/mol. The summed E-state index contributed by atoms with van der Waals surface area (Å²) in [6.07, 6.45) is 3.65. The highest BCUT2D eigenvalue weighted by atomic mass is 32.2. The zero-order chi connectivity index (χ0) is 11.8. The number of nitrogens with one attached hydrogen (secondary N) is 1. The predicted octanol–water partition coefficient (Wildman–Crippen LogP) is 0.225. The largest absolute Gasteiger partial charge is 0.248 e. The molecule has 0 fully saturated rings. The first-order chi connectivity index (χ1) is 7.49. The van der Waals surface area contributed by atoms with Crippen molar-refractivity contribution in [2.45, 2.75) is 38.8 Å². The van der Waals surface area contributed by atoms with Crippen LogP contribution in [0.1, 0.15) is 37.5 Å². The molecule has 7 heteroatoms. The lowest BCUT2D eigenvalue weighted by Crippen LogP contribution is -2.32. The maximum absolute atomic E-state index is 11.2. The highest BCUT2D eigenvalue weighted by molar-refractivity contribution is 7.88. The fraction of sp³-hybridized carbons (Fsp3) is 0.778. The van der Waals surface area contributed by atoms with Crippen molar-refractivity contribution in [1.82, 2.24) is 19.5 Å². The Bertz CT molecular complexity index is 480. The molecule has 2 rings (SSSR count). The SMILES string of the molecule is CCc1nc2n(n1)CCCC2NS(C)(=O)=O. The molecule has 0 amide bonds. The average molecular weight is 244 g/mol. The van der Waals surface area contributed by atoms with Crippen LogP contribution >= 0.6 is 0 Å². The minimum Gasteiger partial charge on any atom is -0.248 e. The van der Waals surface area contributed by atoms with E-state index in [-0.39, 0.29) is 6.04 Å². The molecule has 0 aromatic carbocycles. The van der Waals surface area contributed by atoms with Crippen LogP contribution in [0.4, 0.5) is 0 Å². The van der Waals surface area contributed by atoms with E-state index in [2.05, 4.69) is 14.8 Å². The van der Waals surface area contributed by atoms with Gasteiger partial charge in [0.1, 0.15) is 5.82 Å². The third-order valence-corrected chi connectivity index (χ3v) is 3.30. The van der Waals surface area contributed by atoms with E-state index in [1.54, 1.807) is 0 Å². The molecule has 0 saturated heterocycles. The number of sulfonamides is 1. The number of hydrogen-bond donors (Lipinski definition) is 1. The fourth-order valence-corrected chi connectivity index (χ4v) is 2.66. The number of hydrogen-bond acceptors (Lipinski definition) is 4. The van der Waals surface area contributed by atoms with Gasteiger partial charge >= 0.3 is 0 Å². The molecule has 1 aromatic rings. The van der Waals surface area contributed by atoms with Crippen molar-refractivity contribution >= 4 is 10.0 Å². The Labute approximate surface area is 95.1 Å². The normalized spacial score (nSPS) is 20.8. The molecule has 0 radical (unpaired) electrons. The summed E-state index contributed by atoms with van der Waals surface area (Å²) in [5.41, 5.74) is 0. The molecule has 1 N–H and O–H groups in total. The van der Waals surface area contributed by atoms with Crippen LogP contribution in [0.3, 0.4) is 0 Å². The van der Waals surface area contributed by atoms with Gasteiger partial charge in [0, 0.05) is 13.0 Å². The lowest BCUT2D eigenvalue weighted by atomic mass is 10.1. The van der Waals surface area contributed by atoms with Gasteiger partial charge in [-0.25, -0.2) is 22.8 Å². The van der Waals surface area contributed by atoms with Crippen molar-refractivity contribution < 1.29 is 8.42 Å². The first kappa shape index (κ1) is 11.5. The number of fused-ring (bicyclic) bond motifs is 1. The number of aryl methyl sites for hydroxylation is 2. The molecule has 1 aliphatic rings. The van der Waals surface area contributed by atoms with Crippen LogP contribution in [-0.2, 0) is 23.0 Å². The van der Waals surface area contributed by atoms with Gasteiger partial charge in [0.05, 0.1) is 12.3 Å². The summed E-state index contributed by atoms with van der Waals surface area (Å²) >= 11 is 0. The second kappa shape index (κ2) is 4.14. The van der Waals surface area contributed by atoms with E-state index in [1.807, 2.05) is 11.6 Å². The van der Waals surface area contributed by atoms with E-state index in [9.17, 15) is 8.42 Å². The second-order valence-electron chi connectivity index (χ2n) is 4.05. The van der Waals surface area contributed by atoms with Crippen LogP contribution in [-0.4, -0.2) is 29.4 Å². The quantitative estimate of drug-likeness (QED) is 0.825. The molecule has 0 saturated carbocycles. The molecule has 16 heavy (non-hydrogen) atoms. The van der Waals surface area contributed by atoms with Gasteiger partial charge < -0.3 is 0 Å². The number of nitrogens with zero attached hydrogens (tertiary/aromatic N) is 3. The molecule has 1 atom stereocenters. The Balaban J connectivity index is 2.29. The van der Waals surface area contributed by atoms with E-state index in [4.69, 9.17) is 0 Å². The zero-order valence-electron chi connectivity index (χ0n) is 9.47. The molecule has 1 aliphatic heterocycles. The summed E-state index contributed by atoms with van der Waals surface area (Å²) in [6, 6.07) is -0.225. The highest BCUT2D eigenvalue weighted by Crippen LogP contribution is 2.23. The van der Waals surface area contributed by atoms with Gasteiger partial charge in [0.25, 0.3) is 0 Å². The van der Waals surface area contributed by atoms with Crippen molar-refractivity contribution in [3.63, 3.8) is 0 Å². The van der Waals surface area contributed by atoms with Gasteiger partial charge in [-0.05, 0) is 12.8 Å². The third kappa shape index (κ3) is 2.41. The Kier molecular flexibility index (Phi) is 2.98. The minimum absolute atomic E-state index is 0.225. The molecule has 0 aliphatic carbocycles. The van der Waals surface area contributed by atoms with Crippen LogP contribution in [0, 0.1) is 0 Å². The summed E-state index contributed by atoms with van der Waals surface area (Å²) in [4.78, 5) is 4.36. The highest BCUT2D eigenvalue weighted by Gasteiger charge is 2.26. The summed E-state index contributed by atoms with van der Waals surface area (Å²) in [5.74, 6) is 1.52. The van der Waals surface area contributed by atoms with Crippen molar-refractivity contribution in [3.05, 3.63) is 11.6 Å². The molecule has 0 spiro atoms. The Hall–Kier alpha value is -0.950. The second-order valence-corrected chi connectivity index (χ2v) is 5.83. The lowest BCUT2D eigenvalue weighted by molar-refractivity contribution is 0.400. The van der Waals surface area contributed by atoms with Crippen LogP contribution in [0.2, 0.25) is 0 Å². The van der Waals surface area contributed by atoms with E-state index < -0.39 is 10.0 Å². The first-order valence-electron chi connectivity index (χ1n) is 5.40. The zero-order valence-corrected chi connectivity index (χ0v) is 10.3. The molecule has 2 heterocycles. The molecule has 6 nitrogen and oxygen atoms in total. The average Bonchev–Trinajstić information content (AvgIpc) is 2.59. The van der Waals surface area contributed by atoms with Crippen LogP contribution in [0.25, 0.3) is 0 Å². The van der Waals surface area contributed by atoms with Gasteiger partial charge in [0.15, 0.2) is 5.82 Å². The van der Waals surface area contributed by atoms with Crippen molar-refractivity contribution in [2.75, 3.05) is 6.26 Å². The maximum Gasteiger partial charge on any atom is 0.209 e. The fourth-order valence-electron chi connectivity index (χ4n) is 1.92. The topological polar surface area (TPSA) is 76.9 Å². The molecule has 1 unspecified atom stereocenters. The van der Waals surface area contributed by atoms with Gasteiger partial charge in [-0.3, -0.25) is 0 Å². The van der Waals surface area contributed by atoms with Crippen molar-refractivity contribution in [1.29, 1.82) is 0 Å². The van der Waals surface area contributed by atoms with Crippen molar-refractivity contribution in [3.8, 4) is 0 Å². The smallest absolute Gasteiger partial charge is 0.209 e. The van der Waals surface area contributed by atoms with Gasteiger partial charge in [-0.15, -0.1) is 0 Å². The number of aromatic nitrogens is 3. The molecular weight excluding hydrogens is 228 g/mol. The van der Waals surface area contributed by atoms with Gasteiger partial charge in [0.2, 0.25) is 10.0 Å². The standard InChI is InChI=1S/C9H16N4O2S/c1-3-8-10-9-7(12-16(2,14)15)5-4-6-13(9)11-8/h7,12H,3-6H2,1-2H3. The van der Waals surface area contributed by atoms with Crippen molar-refractivity contribution in [2.24, 2.45) is 0 Å². The molecule has 90 valence electrons. The van der Waals surface area contributed by atoms with Crippen LogP contribution in [0.15, 0.2) is 0 Å². The molecule has 0 bridgehead atoms. The lowest BCUT2D eigenvalue weighted by Gasteiger charge is -2.21. The van der Waals surface area contributed by atoms with E-state index in [0.29, 0.717) is 0 Å². The van der Waals surface area contributed by atoms with Gasteiger partial charge in [-0.1, -0.05) is 6.92 Å². The third-order valence-electron chi connectivity index (χ3n) is 2.59. The predicted molar refractivity (Wildman–Crippen MR) is 59.4 cm³/mol. The van der Waals surface area contributed by atoms with E-state index in [1.165, 1.54) is 6.26 Å². The minimum atomic E-state index is -3.20. The Morgan fingerprint density at radius 2 is 2.31 bits per heavy atom. The Morgan fingerprint density at radius 3 is 2.94 bits per heavy atom. The van der Waals surface area contributed by atoms with E-state index >= 15 is 0 Å². The summed E-state index contributed by atoms with van der Waals surface area (Å²) in [5, 5.41) is 4.32. The van der Waals surface area contributed by atoms with Gasteiger partial charge in [-0.2, -0.15) is 5.10 Å². The molecular formula is C9H16N4O2S. The van der Waals surface area contributed by atoms with E-state index in [0.717, 1.165) is 37.5 Å². The summed E-state index contributed by atoms with van der Waals surface area (Å²) in [6.45, 7) is 2.81. The first-order valence-corrected chi connectivity index (χ1v) is 7.29. The molecule has 1 aromatic heterocycles. The summed E-state index contributed by atoms with van der Waals surface area (Å²) in [7, 11) is -3.20.